The second kappa shape index (κ2) is 7.55. The first-order chi connectivity index (χ1) is 11.6. The van der Waals surface area contributed by atoms with Crippen molar-refractivity contribution in [2.45, 2.75) is 45.4 Å². The Kier molecular flexibility index (Phi) is 5.23. The Morgan fingerprint density at radius 3 is 2.62 bits per heavy atom. The molecular formula is C18H23N3O3. The number of carbonyl (C=O) groups excluding carboxylic acids is 1. The van der Waals surface area contributed by atoms with E-state index in [2.05, 4.69) is 15.1 Å². The Balaban J connectivity index is 1.55. The van der Waals surface area contributed by atoms with Gasteiger partial charge < -0.3 is 9.26 Å². The van der Waals surface area contributed by atoms with E-state index in [0.717, 1.165) is 31.2 Å². The lowest BCUT2D eigenvalue weighted by molar-refractivity contribution is -0.150. The zero-order valence-electron chi connectivity index (χ0n) is 14.1. The number of ether oxygens (including phenoxy) is 1. The van der Waals surface area contributed by atoms with Gasteiger partial charge in [-0.1, -0.05) is 19.0 Å². The number of rotatable bonds is 5. The van der Waals surface area contributed by atoms with E-state index < -0.39 is 0 Å². The fourth-order valence-electron chi connectivity index (χ4n) is 2.96. The highest BCUT2D eigenvalue weighted by Gasteiger charge is 2.31. The average molecular weight is 329 g/mol. The molecule has 0 aromatic carbocycles. The number of esters is 1. The molecule has 1 aliphatic rings. The molecule has 0 spiro atoms. The van der Waals surface area contributed by atoms with Crippen LogP contribution in [0.15, 0.2) is 29.0 Å². The molecule has 6 nitrogen and oxygen atoms in total. The lowest BCUT2D eigenvalue weighted by Gasteiger charge is -2.25. The van der Waals surface area contributed by atoms with Crippen LogP contribution in [-0.4, -0.2) is 27.7 Å². The molecule has 24 heavy (non-hydrogen) atoms. The molecule has 0 unspecified atom stereocenters. The van der Waals surface area contributed by atoms with Gasteiger partial charge in [-0.2, -0.15) is 4.98 Å². The minimum absolute atomic E-state index is 0.00240. The van der Waals surface area contributed by atoms with Crippen molar-refractivity contribution in [3.05, 3.63) is 30.4 Å². The normalized spacial score (nSPS) is 21.0. The number of hydrogen-bond acceptors (Lipinski definition) is 6. The quantitative estimate of drug-likeness (QED) is 0.780. The highest BCUT2D eigenvalue weighted by molar-refractivity contribution is 5.72. The van der Waals surface area contributed by atoms with Crippen LogP contribution < -0.4 is 0 Å². The first-order valence-electron chi connectivity index (χ1n) is 8.54. The van der Waals surface area contributed by atoms with Crippen molar-refractivity contribution in [1.82, 2.24) is 15.1 Å². The molecule has 0 bridgehead atoms. The van der Waals surface area contributed by atoms with E-state index in [4.69, 9.17) is 9.26 Å². The van der Waals surface area contributed by atoms with Gasteiger partial charge in [0.05, 0.1) is 12.5 Å². The second-order valence-corrected chi connectivity index (χ2v) is 6.76. The summed E-state index contributed by atoms with van der Waals surface area (Å²) >= 11 is 0. The molecule has 1 fully saturated rings. The van der Waals surface area contributed by atoms with Crippen LogP contribution in [-0.2, 0) is 9.53 Å². The van der Waals surface area contributed by atoms with E-state index in [1.807, 2.05) is 26.0 Å². The summed E-state index contributed by atoms with van der Waals surface area (Å²) in [6.07, 6.45) is 6.79. The topological polar surface area (TPSA) is 78.1 Å². The molecule has 0 saturated heterocycles. The predicted molar refractivity (Wildman–Crippen MR) is 88.0 cm³/mol. The third kappa shape index (κ3) is 3.99. The summed E-state index contributed by atoms with van der Waals surface area (Å²) in [5, 5.41) is 4.06. The summed E-state index contributed by atoms with van der Waals surface area (Å²) in [6.45, 7) is 4.58. The highest BCUT2D eigenvalue weighted by atomic mass is 16.5. The van der Waals surface area contributed by atoms with E-state index in [-0.39, 0.29) is 17.8 Å². The van der Waals surface area contributed by atoms with E-state index in [0.29, 0.717) is 24.2 Å². The van der Waals surface area contributed by atoms with E-state index in [1.54, 1.807) is 12.4 Å². The van der Waals surface area contributed by atoms with Crippen molar-refractivity contribution in [2.75, 3.05) is 6.61 Å². The minimum atomic E-state index is -0.0647. The van der Waals surface area contributed by atoms with Crippen molar-refractivity contribution < 1.29 is 14.1 Å². The van der Waals surface area contributed by atoms with Crippen molar-refractivity contribution in [2.24, 2.45) is 11.8 Å². The largest absolute Gasteiger partial charge is 0.465 e. The Morgan fingerprint density at radius 1 is 1.25 bits per heavy atom. The zero-order chi connectivity index (χ0) is 16.9. The number of carbonyl (C=O) groups is 1. The van der Waals surface area contributed by atoms with Gasteiger partial charge in [0.2, 0.25) is 11.7 Å². The van der Waals surface area contributed by atoms with E-state index in [9.17, 15) is 4.79 Å². The molecule has 0 atom stereocenters. The third-order valence-electron chi connectivity index (χ3n) is 4.35. The fourth-order valence-corrected chi connectivity index (χ4v) is 2.96. The summed E-state index contributed by atoms with van der Waals surface area (Å²) in [6, 6.07) is 3.71. The molecule has 2 aromatic rings. The Labute approximate surface area is 141 Å². The molecule has 2 aromatic heterocycles. The SMILES string of the molecule is CC(C)COC(=O)C1CCC(c2nc(-c3ccncc3)no2)CC1. The van der Waals surface area contributed by atoms with Gasteiger partial charge in [0, 0.05) is 23.9 Å². The highest BCUT2D eigenvalue weighted by Crippen LogP contribution is 2.36. The molecule has 1 saturated carbocycles. The molecule has 6 heteroatoms. The van der Waals surface area contributed by atoms with E-state index in [1.165, 1.54) is 0 Å². The molecule has 0 aliphatic heterocycles. The van der Waals surface area contributed by atoms with Gasteiger partial charge in [0.1, 0.15) is 0 Å². The average Bonchev–Trinajstić information content (AvgIpc) is 3.10. The summed E-state index contributed by atoms with van der Waals surface area (Å²) in [5.74, 6) is 1.78. The molecule has 2 heterocycles. The zero-order valence-corrected chi connectivity index (χ0v) is 14.1. The Bertz CT molecular complexity index is 661. The van der Waals surface area contributed by atoms with Crippen LogP contribution in [0.25, 0.3) is 11.4 Å². The smallest absolute Gasteiger partial charge is 0.308 e. The maximum atomic E-state index is 12.1. The summed E-state index contributed by atoms with van der Waals surface area (Å²) in [5.41, 5.74) is 0.894. The van der Waals surface area contributed by atoms with Gasteiger partial charge in [0.15, 0.2) is 0 Å². The Hall–Kier alpha value is -2.24. The molecule has 3 rings (SSSR count). The van der Waals surface area contributed by atoms with Crippen LogP contribution in [0.1, 0.15) is 51.3 Å². The molecule has 128 valence electrons. The van der Waals surface area contributed by atoms with Crippen molar-refractivity contribution in [1.29, 1.82) is 0 Å². The van der Waals surface area contributed by atoms with Gasteiger partial charge in [-0.15, -0.1) is 0 Å². The minimum Gasteiger partial charge on any atom is -0.465 e. The maximum Gasteiger partial charge on any atom is 0.308 e. The third-order valence-corrected chi connectivity index (χ3v) is 4.35. The van der Waals surface area contributed by atoms with Crippen molar-refractivity contribution in [3.63, 3.8) is 0 Å². The van der Waals surface area contributed by atoms with Gasteiger partial charge in [-0.25, -0.2) is 0 Å². The standard InChI is InChI=1S/C18H23N3O3/c1-12(2)11-23-18(22)15-5-3-14(4-6-15)17-20-16(21-24-17)13-7-9-19-10-8-13/h7-10,12,14-15H,3-6,11H2,1-2H3. The molecule has 0 N–H and O–H groups in total. The van der Waals surface area contributed by atoms with Crippen LogP contribution in [0.4, 0.5) is 0 Å². The van der Waals surface area contributed by atoms with Crippen LogP contribution in [0.3, 0.4) is 0 Å². The first kappa shape index (κ1) is 16.6. The first-order valence-corrected chi connectivity index (χ1v) is 8.54. The number of nitrogens with zero attached hydrogens (tertiary/aromatic N) is 3. The summed E-state index contributed by atoms with van der Waals surface area (Å²) in [7, 11) is 0. The predicted octanol–water partition coefficient (Wildman–Crippen LogP) is 3.60. The maximum absolute atomic E-state index is 12.1. The number of pyridine rings is 1. The Morgan fingerprint density at radius 2 is 1.96 bits per heavy atom. The van der Waals surface area contributed by atoms with Gasteiger partial charge in [-0.05, 0) is 43.7 Å². The molecule has 1 aliphatic carbocycles. The van der Waals surface area contributed by atoms with Crippen LogP contribution in [0.5, 0.6) is 0 Å². The number of hydrogen-bond donors (Lipinski definition) is 0. The lowest BCUT2D eigenvalue weighted by atomic mass is 9.82. The number of aromatic nitrogens is 3. The van der Waals surface area contributed by atoms with Crippen LogP contribution in [0.2, 0.25) is 0 Å². The van der Waals surface area contributed by atoms with E-state index >= 15 is 0 Å². The van der Waals surface area contributed by atoms with Gasteiger partial charge >= 0.3 is 5.97 Å². The monoisotopic (exact) mass is 329 g/mol. The second-order valence-electron chi connectivity index (χ2n) is 6.76. The van der Waals surface area contributed by atoms with Gasteiger partial charge in [-0.3, -0.25) is 9.78 Å². The molecule has 0 amide bonds. The lowest BCUT2D eigenvalue weighted by Crippen LogP contribution is -2.24. The fraction of sp³-hybridized carbons (Fsp3) is 0.556. The summed E-state index contributed by atoms with van der Waals surface area (Å²) < 4.78 is 10.8. The van der Waals surface area contributed by atoms with Crippen LogP contribution in [0, 0.1) is 11.8 Å². The van der Waals surface area contributed by atoms with Gasteiger partial charge in [0.25, 0.3) is 0 Å². The van der Waals surface area contributed by atoms with Crippen molar-refractivity contribution in [3.8, 4) is 11.4 Å². The molecular weight excluding hydrogens is 306 g/mol. The summed E-state index contributed by atoms with van der Waals surface area (Å²) in [4.78, 5) is 20.6. The molecule has 0 radical (unpaired) electrons. The van der Waals surface area contributed by atoms with Crippen LogP contribution >= 0.6 is 0 Å². The van der Waals surface area contributed by atoms with Crippen molar-refractivity contribution >= 4 is 5.97 Å².